The molecule has 2 aromatic rings. The number of hydrogen-bond acceptors (Lipinski definition) is 5. The van der Waals surface area contributed by atoms with Crippen molar-refractivity contribution in [3.8, 4) is 11.4 Å². The normalized spacial score (nSPS) is 16.3. The molecule has 0 saturated heterocycles. The summed E-state index contributed by atoms with van der Waals surface area (Å²) in [6.07, 6.45) is 2.30. The van der Waals surface area contributed by atoms with Crippen LogP contribution in [0.3, 0.4) is 0 Å². The molecular weight excluding hydrogens is 292 g/mol. The number of halogens is 1. The molecule has 0 atom stereocenters. The van der Waals surface area contributed by atoms with E-state index in [1.165, 1.54) is 0 Å². The van der Waals surface area contributed by atoms with E-state index in [2.05, 4.69) is 10.1 Å². The number of carbonyl (C=O) groups is 1. The monoisotopic (exact) mass is 306 g/mol. The highest BCUT2D eigenvalue weighted by molar-refractivity contribution is 6.33. The molecule has 0 spiro atoms. The van der Waals surface area contributed by atoms with Gasteiger partial charge in [0.25, 0.3) is 0 Å². The Kier molecular flexibility index (Phi) is 3.68. The smallest absolute Gasteiger partial charge is 0.321 e. The Morgan fingerprint density at radius 3 is 2.81 bits per heavy atom. The molecule has 0 aliphatic heterocycles. The van der Waals surface area contributed by atoms with E-state index in [4.69, 9.17) is 20.9 Å². The summed E-state index contributed by atoms with van der Waals surface area (Å²) >= 11 is 6.13. The lowest BCUT2D eigenvalue weighted by Gasteiger charge is -2.35. The first-order valence-corrected chi connectivity index (χ1v) is 7.31. The molecule has 1 aliphatic carbocycles. The van der Waals surface area contributed by atoms with Gasteiger partial charge in [-0.05, 0) is 31.9 Å². The fraction of sp³-hybridized carbons (Fsp3) is 0.400. The minimum Gasteiger partial charge on any atom is -0.465 e. The van der Waals surface area contributed by atoms with Gasteiger partial charge in [-0.2, -0.15) is 4.98 Å². The zero-order valence-electron chi connectivity index (χ0n) is 11.6. The zero-order chi connectivity index (χ0) is 14.9. The number of esters is 1. The fourth-order valence-corrected chi connectivity index (χ4v) is 2.69. The van der Waals surface area contributed by atoms with Gasteiger partial charge < -0.3 is 9.26 Å². The van der Waals surface area contributed by atoms with Crippen LogP contribution in [0.4, 0.5) is 0 Å². The summed E-state index contributed by atoms with van der Waals surface area (Å²) in [7, 11) is 0. The molecule has 3 rings (SSSR count). The van der Waals surface area contributed by atoms with Crippen LogP contribution in [-0.2, 0) is 14.9 Å². The molecule has 1 heterocycles. The number of nitrogens with zero attached hydrogens (tertiary/aromatic N) is 2. The van der Waals surface area contributed by atoms with Gasteiger partial charge >= 0.3 is 5.97 Å². The number of hydrogen-bond donors (Lipinski definition) is 0. The van der Waals surface area contributed by atoms with Crippen molar-refractivity contribution in [1.82, 2.24) is 10.1 Å². The van der Waals surface area contributed by atoms with Crippen molar-refractivity contribution in [3.05, 3.63) is 35.2 Å². The number of rotatable bonds is 4. The Bertz CT molecular complexity index is 664. The predicted molar refractivity (Wildman–Crippen MR) is 76.9 cm³/mol. The predicted octanol–water partition coefficient (Wildman–Crippen LogP) is 3.37. The number of benzene rings is 1. The van der Waals surface area contributed by atoms with Crippen LogP contribution in [0.25, 0.3) is 11.4 Å². The molecule has 110 valence electrons. The van der Waals surface area contributed by atoms with Crippen molar-refractivity contribution >= 4 is 17.6 Å². The van der Waals surface area contributed by atoms with Crippen molar-refractivity contribution in [2.45, 2.75) is 31.6 Å². The molecule has 1 aromatic carbocycles. The van der Waals surface area contributed by atoms with Crippen LogP contribution in [0.1, 0.15) is 32.1 Å². The summed E-state index contributed by atoms with van der Waals surface area (Å²) in [4.78, 5) is 16.6. The van der Waals surface area contributed by atoms with Crippen LogP contribution in [0.2, 0.25) is 5.02 Å². The third kappa shape index (κ3) is 2.31. The number of ether oxygens (including phenoxy) is 1. The highest BCUT2D eigenvalue weighted by Gasteiger charge is 2.52. The van der Waals surface area contributed by atoms with Crippen molar-refractivity contribution < 1.29 is 14.1 Å². The average Bonchev–Trinajstić information content (AvgIpc) is 2.88. The highest BCUT2D eigenvalue weighted by atomic mass is 35.5. The van der Waals surface area contributed by atoms with Crippen LogP contribution < -0.4 is 0 Å². The van der Waals surface area contributed by atoms with Gasteiger partial charge in [0.15, 0.2) is 0 Å². The van der Waals surface area contributed by atoms with E-state index in [0.29, 0.717) is 41.7 Å². The van der Waals surface area contributed by atoms with E-state index in [-0.39, 0.29) is 5.97 Å². The second-order valence-corrected chi connectivity index (χ2v) is 5.47. The Labute approximate surface area is 127 Å². The summed E-state index contributed by atoms with van der Waals surface area (Å²) in [6, 6.07) is 7.26. The van der Waals surface area contributed by atoms with Crippen molar-refractivity contribution in [3.63, 3.8) is 0 Å². The first-order valence-electron chi connectivity index (χ1n) is 6.93. The Morgan fingerprint density at radius 2 is 2.19 bits per heavy atom. The molecule has 0 radical (unpaired) electrons. The van der Waals surface area contributed by atoms with E-state index in [1.807, 2.05) is 18.2 Å². The van der Waals surface area contributed by atoms with Gasteiger partial charge in [0, 0.05) is 5.56 Å². The molecule has 0 unspecified atom stereocenters. The summed E-state index contributed by atoms with van der Waals surface area (Å²) < 4.78 is 10.5. The zero-order valence-corrected chi connectivity index (χ0v) is 12.4. The molecule has 1 aromatic heterocycles. The Balaban J connectivity index is 1.94. The van der Waals surface area contributed by atoms with Gasteiger partial charge in [0.2, 0.25) is 11.7 Å². The Morgan fingerprint density at radius 1 is 1.43 bits per heavy atom. The van der Waals surface area contributed by atoms with Gasteiger partial charge in [0.05, 0.1) is 11.6 Å². The summed E-state index contributed by atoms with van der Waals surface area (Å²) in [5.74, 6) is 0.430. The van der Waals surface area contributed by atoms with Gasteiger partial charge in [-0.3, -0.25) is 4.79 Å². The molecule has 1 saturated carbocycles. The quantitative estimate of drug-likeness (QED) is 0.810. The largest absolute Gasteiger partial charge is 0.465 e. The van der Waals surface area contributed by atoms with Gasteiger partial charge in [-0.25, -0.2) is 0 Å². The summed E-state index contributed by atoms with van der Waals surface area (Å²) in [6.45, 7) is 2.12. The molecule has 0 bridgehead atoms. The minimum absolute atomic E-state index is 0.286. The minimum atomic E-state index is -0.775. The maximum Gasteiger partial charge on any atom is 0.321 e. The topological polar surface area (TPSA) is 65.2 Å². The molecule has 6 heteroatoms. The van der Waals surface area contributed by atoms with Crippen LogP contribution in [0, 0.1) is 0 Å². The van der Waals surface area contributed by atoms with Crippen molar-refractivity contribution in [1.29, 1.82) is 0 Å². The summed E-state index contributed by atoms with van der Waals surface area (Å²) in [5.41, 5.74) is -0.0878. The van der Waals surface area contributed by atoms with Gasteiger partial charge in [0.1, 0.15) is 5.41 Å². The standard InChI is InChI=1S/C15H15ClN2O3/c1-2-20-14(19)15(8-5-9-15)13-17-12(18-21-13)10-6-3-4-7-11(10)16/h3-4,6-7H,2,5,8-9H2,1H3. The maximum atomic E-state index is 12.2. The van der Waals surface area contributed by atoms with Crippen LogP contribution in [0.5, 0.6) is 0 Å². The van der Waals surface area contributed by atoms with Crippen LogP contribution in [-0.4, -0.2) is 22.7 Å². The first-order chi connectivity index (χ1) is 10.2. The second-order valence-electron chi connectivity index (χ2n) is 5.06. The lowest BCUT2D eigenvalue weighted by atomic mass is 9.68. The lowest BCUT2D eigenvalue weighted by Crippen LogP contribution is -2.44. The van der Waals surface area contributed by atoms with E-state index in [9.17, 15) is 4.79 Å². The van der Waals surface area contributed by atoms with E-state index < -0.39 is 5.41 Å². The Hall–Kier alpha value is -1.88. The molecule has 5 nitrogen and oxygen atoms in total. The van der Waals surface area contributed by atoms with E-state index in [1.54, 1.807) is 13.0 Å². The first kappa shape index (κ1) is 14.1. The van der Waals surface area contributed by atoms with Gasteiger partial charge in [-0.1, -0.05) is 35.3 Å². The molecule has 1 aliphatic rings. The molecule has 0 amide bonds. The van der Waals surface area contributed by atoms with Gasteiger partial charge in [-0.15, -0.1) is 0 Å². The second kappa shape index (κ2) is 5.48. The van der Waals surface area contributed by atoms with Crippen molar-refractivity contribution in [2.24, 2.45) is 0 Å². The third-order valence-electron chi connectivity index (χ3n) is 3.82. The van der Waals surface area contributed by atoms with Crippen LogP contribution >= 0.6 is 11.6 Å². The molecular formula is C15H15ClN2O3. The molecule has 0 N–H and O–H groups in total. The molecule has 1 fully saturated rings. The number of aromatic nitrogens is 2. The summed E-state index contributed by atoms with van der Waals surface area (Å²) in [5, 5.41) is 4.50. The van der Waals surface area contributed by atoms with E-state index >= 15 is 0 Å². The SMILES string of the molecule is CCOC(=O)C1(c2nc(-c3ccccc3Cl)no2)CCC1. The third-order valence-corrected chi connectivity index (χ3v) is 4.15. The van der Waals surface area contributed by atoms with Crippen LogP contribution in [0.15, 0.2) is 28.8 Å². The fourth-order valence-electron chi connectivity index (χ4n) is 2.47. The van der Waals surface area contributed by atoms with Crippen molar-refractivity contribution in [2.75, 3.05) is 6.61 Å². The lowest BCUT2D eigenvalue weighted by molar-refractivity contribution is -0.155. The average molecular weight is 307 g/mol. The highest BCUT2D eigenvalue weighted by Crippen LogP contribution is 2.44. The van der Waals surface area contributed by atoms with E-state index in [0.717, 1.165) is 6.42 Å². The number of carbonyl (C=O) groups excluding carboxylic acids is 1. The molecule has 21 heavy (non-hydrogen) atoms. The maximum absolute atomic E-state index is 12.2.